The molecule has 3 N–H and O–H groups in total. The number of nitrogen functional groups attached to an aromatic ring is 1. The maximum Gasteiger partial charge on any atom is 0.277 e. The molecule has 1 aliphatic heterocycles. The fourth-order valence-electron chi connectivity index (χ4n) is 1.33. The van der Waals surface area contributed by atoms with Crippen LogP contribution in [0.4, 0.5) is 5.82 Å². The normalized spacial score (nSPS) is 22.1. The van der Waals surface area contributed by atoms with Crippen LogP contribution >= 0.6 is 0 Å². The second-order valence-electron chi connectivity index (χ2n) is 3.09. The smallest absolute Gasteiger partial charge is 0.277 e. The highest BCUT2D eigenvalue weighted by molar-refractivity contribution is 5.83. The molecule has 0 spiro atoms. The number of hydrogen-bond donors (Lipinski definition) is 2. The molecule has 1 aromatic rings. The topological polar surface area (TPSA) is 82.2 Å². The van der Waals surface area contributed by atoms with Crippen molar-refractivity contribution in [2.75, 3.05) is 25.4 Å². The molecule has 0 aliphatic carbocycles. The number of nitrogens with two attached hydrogens (primary N) is 1. The highest BCUT2D eigenvalue weighted by atomic mass is 16.5. The molecular formula is C8H12N4O2. The first-order chi connectivity index (χ1) is 6.77. The van der Waals surface area contributed by atoms with Gasteiger partial charge in [0.1, 0.15) is 5.82 Å². The summed E-state index contributed by atoms with van der Waals surface area (Å²) in [5.74, 6) is 0.149. The molecule has 0 amide bonds. The van der Waals surface area contributed by atoms with Gasteiger partial charge in [0.25, 0.3) is 5.91 Å². The van der Waals surface area contributed by atoms with Crippen LogP contribution in [0.5, 0.6) is 0 Å². The summed E-state index contributed by atoms with van der Waals surface area (Å²) in [7, 11) is 0. The summed E-state index contributed by atoms with van der Waals surface area (Å²) in [6, 6.07) is 1.58. The number of morpholine rings is 1. The maximum absolute atomic E-state index is 11.7. The molecule has 14 heavy (non-hydrogen) atoms. The molecule has 1 saturated heterocycles. The number of aromatic nitrogens is 2. The van der Waals surface area contributed by atoms with Crippen LogP contribution in [0.25, 0.3) is 0 Å². The lowest BCUT2D eigenvalue weighted by atomic mass is 10.3. The molecule has 1 aromatic heterocycles. The zero-order valence-electron chi connectivity index (χ0n) is 7.64. The van der Waals surface area contributed by atoms with Gasteiger partial charge >= 0.3 is 0 Å². The van der Waals surface area contributed by atoms with Crippen LogP contribution in [-0.2, 0) is 4.74 Å². The van der Waals surface area contributed by atoms with E-state index in [-0.39, 0.29) is 5.91 Å². The molecule has 0 bridgehead atoms. The first kappa shape index (κ1) is 9.17. The zero-order valence-corrected chi connectivity index (χ0v) is 7.64. The minimum atomic E-state index is -0.456. The Balaban J connectivity index is 2.07. The van der Waals surface area contributed by atoms with Gasteiger partial charge < -0.3 is 15.8 Å². The van der Waals surface area contributed by atoms with Gasteiger partial charge in [-0.25, -0.2) is 4.68 Å². The minimum absolute atomic E-state index is 0.186. The standard InChI is InChI=1S/C8H12N4O2/c9-7-1-3-12(11-7)8(13)6-5-10-2-4-14-6/h1,3,6,10H,2,4-5H2,(H2,9,11). The van der Waals surface area contributed by atoms with E-state index in [9.17, 15) is 4.79 Å². The highest BCUT2D eigenvalue weighted by Gasteiger charge is 2.23. The van der Waals surface area contributed by atoms with Crippen molar-refractivity contribution in [3.63, 3.8) is 0 Å². The Morgan fingerprint density at radius 2 is 2.64 bits per heavy atom. The van der Waals surface area contributed by atoms with Crippen LogP contribution in [0.3, 0.4) is 0 Å². The van der Waals surface area contributed by atoms with E-state index in [2.05, 4.69) is 10.4 Å². The third-order valence-corrected chi connectivity index (χ3v) is 2.04. The summed E-state index contributed by atoms with van der Waals surface area (Å²) in [6.45, 7) is 1.86. The monoisotopic (exact) mass is 196 g/mol. The Morgan fingerprint density at radius 1 is 1.79 bits per heavy atom. The van der Waals surface area contributed by atoms with Crippen LogP contribution in [0, 0.1) is 0 Å². The number of nitrogens with one attached hydrogen (secondary N) is 1. The van der Waals surface area contributed by atoms with Crippen LogP contribution in [0.1, 0.15) is 4.79 Å². The lowest BCUT2D eigenvalue weighted by molar-refractivity contribution is 0.0187. The summed E-state index contributed by atoms with van der Waals surface area (Å²) in [6.07, 6.45) is 1.08. The van der Waals surface area contributed by atoms with Crippen molar-refractivity contribution in [1.82, 2.24) is 15.1 Å². The van der Waals surface area contributed by atoms with Crippen molar-refractivity contribution >= 4 is 11.7 Å². The number of carbonyl (C=O) groups excluding carboxylic acids is 1. The van der Waals surface area contributed by atoms with Crippen LogP contribution < -0.4 is 11.1 Å². The Bertz CT molecular complexity index is 330. The van der Waals surface area contributed by atoms with E-state index in [1.54, 1.807) is 6.07 Å². The number of carbonyl (C=O) groups is 1. The van der Waals surface area contributed by atoms with Gasteiger partial charge in [-0.05, 0) is 0 Å². The van der Waals surface area contributed by atoms with E-state index in [4.69, 9.17) is 10.5 Å². The van der Waals surface area contributed by atoms with Crippen LogP contribution in [0.15, 0.2) is 12.3 Å². The van der Waals surface area contributed by atoms with Gasteiger partial charge in [0.05, 0.1) is 6.61 Å². The zero-order chi connectivity index (χ0) is 9.97. The van der Waals surface area contributed by atoms with Crippen LogP contribution in [-0.4, -0.2) is 41.5 Å². The molecule has 2 rings (SSSR count). The second-order valence-corrected chi connectivity index (χ2v) is 3.09. The maximum atomic E-state index is 11.7. The van der Waals surface area contributed by atoms with Crippen molar-refractivity contribution in [3.05, 3.63) is 12.3 Å². The summed E-state index contributed by atoms with van der Waals surface area (Å²) in [5.41, 5.74) is 5.41. The van der Waals surface area contributed by atoms with Gasteiger partial charge in [0, 0.05) is 25.4 Å². The number of ether oxygens (including phenoxy) is 1. The van der Waals surface area contributed by atoms with Gasteiger partial charge in [0.15, 0.2) is 6.10 Å². The molecule has 0 aromatic carbocycles. The lowest BCUT2D eigenvalue weighted by Gasteiger charge is -2.21. The highest BCUT2D eigenvalue weighted by Crippen LogP contribution is 2.02. The summed E-state index contributed by atoms with van der Waals surface area (Å²) in [5, 5.41) is 6.90. The number of nitrogens with zero attached hydrogens (tertiary/aromatic N) is 2. The Morgan fingerprint density at radius 3 is 3.21 bits per heavy atom. The summed E-state index contributed by atoms with van der Waals surface area (Å²) < 4.78 is 6.50. The molecule has 2 heterocycles. The third-order valence-electron chi connectivity index (χ3n) is 2.04. The third kappa shape index (κ3) is 1.75. The summed E-state index contributed by atoms with van der Waals surface area (Å²) >= 11 is 0. The SMILES string of the molecule is Nc1ccn(C(=O)C2CNCCO2)n1. The molecule has 1 aliphatic rings. The molecule has 1 atom stereocenters. The number of hydrogen-bond acceptors (Lipinski definition) is 5. The van der Waals surface area contributed by atoms with Gasteiger partial charge in [0.2, 0.25) is 0 Å². The molecular weight excluding hydrogens is 184 g/mol. The molecule has 6 nitrogen and oxygen atoms in total. The van der Waals surface area contributed by atoms with Gasteiger partial charge in [-0.15, -0.1) is 5.10 Å². The van der Waals surface area contributed by atoms with Gasteiger partial charge in [-0.3, -0.25) is 4.79 Å². The number of rotatable bonds is 1. The largest absolute Gasteiger partial charge is 0.382 e. The van der Waals surface area contributed by atoms with E-state index in [0.717, 1.165) is 6.54 Å². The summed E-state index contributed by atoms with van der Waals surface area (Å²) in [4.78, 5) is 11.7. The predicted octanol–water partition coefficient (Wildman–Crippen LogP) is -0.906. The fourth-order valence-corrected chi connectivity index (χ4v) is 1.33. The fraction of sp³-hybridized carbons (Fsp3) is 0.500. The molecule has 0 radical (unpaired) electrons. The van der Waals surface area contributed by atoms with Crippen molar-refractivity contribution in [3.8, 4) is 0 Å². The van der Waals surface area contributed by atoms with E-state index >= 15 is 0 Å². The first-order valence-corrected chi connectivity index (χ1v) is 4.45. The van der Waals surface area contributed by atoms with E-state index in [1.165, 1.54) is 10.9 Å². The second kappa shape index (κ2) is 3.77. The first-order valence-electron chi connectivity index (χ1n) is 4.45. The Labute approximate surface area is 81.0 Å². The van der Waals surface area contributed by atoms with Crippen molar-refractivity contribution < 1.29 is 9.53 Å². The van der Waals surface area contributed by atoms with Crippen molar-refractivity contribution in [2.45, 2.75) is 6.10 Å². The average Bonchev–Trinajstić information content (AvgIpc) is 2.65. The predicted molar refractivity (Wildman–Crippen MR) is 49.9 cm³/mol. The van der Waals surface area contributed by atoms with Gasteiger partial charge in [-0.2, -0.15) is 0 Å². The van der Waals surface area contributed by atoms with E-state index in [0.29, 0.717) is 19.0 Å². The van der Waals surface area contributed by atoms with Crippen molar-refractivity contribution in [2.24, 2.45) is 0 Å². The minimum Gasteiger partial charge on any atom is -0.382 e. The quantitative estimate of drug-likeness (QED) is 0.608. The average molecular weight is 196 g/mol. The van der Waals surface area contributed by atoms with Crippen molar-refractivity contribution in [1.29, 1.82) is 0 Å². The van der Waals surface area contributed by atoms with Gasteiger partial charge in [-0.1, -0.05) is 0 Å². The Hall–Kier alpha value is -1.40. The lowest BCUT2D eigenvalue weighted by Crippen LogP contribution is -2.45. The molecule has 0 saturated carbocycles. The number of anilines is 1. The van der Waals surface area contributed by atoms with E-state index < -0.39 is 6.10 Å². The van der Waals surface area contributed by atoms with Crippen LogP contribution in [0.2, 0.25) is 0 Å². The molecule has 1 unspecified atom stereocenters. The molecule has 6 heteroatoms. The molecule has 1 fully saturated rings. The molecule has 76 valence electrons. The van der Waals surface area contributed by atoms with E-state index in [1.807, 2.05) is 0 Å². The Kier molecular flexibility index (Phi) is 2.47.